The lowest BCUT2D eigenvalue weighted by atomic mass is 9.87. The number of nitrogens with zero attached hydrogens (tertiary/aromatic N) is 3. The summed E-state index contributed by atoms with van der Waals surface area (Å²) in [7, 11) is -1.44. The van der Waals surface area contributed by atoms with E-state index in [4.69, 9.17) is 0 Å². The largest absolute Gasteiger partial charge is 0.325 e. The molecule has 3 saturated heterocycles. The van der Waals surface area contributed by atoms with Gasteiger partial charge in [0.05, 0.1) is 10.4 Å². The van der Waals surface area contributed by atoms with E-state index in [1.54, 1.807) is 28.8 Å². The van der Waals surface area contributed by atoms with Crippen molar-refractivity contribution in [2.45, 2.75) is 67.5 Å². The van der Waals surface area contributed by atoms with Crippen LogP contribution in [-0.2, 0) is 16.9 Å². The van der Waals surface area contributed by atoms with Gasteiger partial charge in [0.25, 0.3) is 0 Å². The van der Waals surface area contributed by atoms with Crippen molar-refractivity contribution in [3.8, 4) is 11.4 Å². The second-order valence-electron chi connectivity index (χ2n) is 10.7. The maximum absolute atomic E-state index is 15.9. The maximum Gasteiger partial charge on any atom is 0.175 e. The van der Waals surface area contributed by atoms with Crippen molar-refractivity contribution < 1.29 is 12.8 Å². The van der Waals surface area contributed by atoms with Crippen LogP contribution in [0, 0.1) is 5.82 Å². The highest BCUT2D eigenvalue weighted by Gasteiger charge is 2.37. The fourth-order valence-corrected chi connectivity index (χ4v) is 7.23. The Morgan fingerprint density at radius 3 is 2.16 bits per heavy atom. The number of aryl methyl sites for hydroxylation is 1. The Hall–Kier alpha value is -1.71. The van der Waals surface area contributed by atoms with Gasteiger partial charge in [0, 0.05) is 37.0 Å². The predicted octanol–water partition coefficient (Wildman–Crippen LogP) is 5.09. The number of hydrogen-bond acceptors (Lipinski definition) is 5. The first-order valence-electron chi connectivity index (χ1n) is 12.7. The highest BCUT2D eigenvalue weighted by molar-refractivity contribution is 7.90. The van der Waals surface area contributed by atoms with Gasteiger partial charge in [-0.3, -0.25) is 0 Å². The van der Waals surface area contributed by atoms with Gasteiger partial charge in [-0.15, -0.1) is 24.8 Å². The third-order valence-corrected chi connectivity index (χ3v) is 9.61. The van der Waals surface area contributed by atoms with Gasteiger partial charge in [0.1, 0.15) is 11.3 Å². The van der Waals surface area contributed by atoms with Crippen LogP contribution in [0.2, 0.25) is 0 Å². The molecule has 3 aliphatic rings. The molecular formula is C27H35Cl2FN4O2S. The first kappa shape index (κ1) is 28.3. The predicted molar refractivity (Wildman–Crippen MR) is 150 cm³/mol. The lowest BCUT2D eigenvalue weighted by Gasteiger charge is -2.41. The van der Waals surface area contributed by atoms with E-state index >= 15 is 4.39 Å². The zero-order valence-electron chi connectivity index (χ0n) is 21.2. The van der Waals surface area contributed by atoms with Gasteiger partial charge in [-0.1, -0.05) is 6.07 Å². The molecule has 4 heterocycles. The van der Waals surface area contributed by atoms with Crippen molar-refractivity contribution in [1.82, 2.24) is 19.8 Å². The molecule has 3 aliphatic heterocycles. The van der Waals surface area contributed by atoms with E-state index in [9.17, 15) is 8.42 Å². The van der Waals surface area contributed by atoms with Crippen LogP contribution in [0.15, 0.2) is 41.3 Å². The SMILES string of the molecule is Cl.Cl.Cn1c(-c2ccc(S(C)(=O)=O)cc2)nc2ccc(C3CCN(C4CC5CCC(C4)N5)CC3)c(F)c21. The van der Waals surface area contributed by atoms with Crippen LogP contribution >= 0.6 is 24.8 Å². The lowest BCUT2D eigenvalue weighted by molar-refractivity contribution is 0.110. The van der Waals surface area contributed by atoms with E-state index in [1.165, 1.54) is 31.9 Å². The number of benzene rings is 2. The van der Waals surface area contributed by atoms with Crippen LogP contribution in [0.3, 0.4) is 0 Å². The molecule has 2 aromatic carbocycles. The quantitative estimate of drug-likeness (QED) is 0.475. The molecule has 0 saturated carbocycles. The first-order valence-corrected chi connectivity index (χ1v) is 14.6. The van der Waals surface area contributed by atoms with Crippen molar-refractivity contribution in [2.24, 2.45) is 7.05 Å². The Balaban J connectivity index is 0.00000160. The molecule has 1 N–H and O–H groups in total. The minimum Gasteiger partial charge on any atom is -0.325 e. The number of fused-ring (bicyclic) bond motifs is 3. The van der Waals surface area contributed by atoms with Gasteiger partial charge in [-0.2, -0.15) is 0 Å². The number of sulfone groups is 1. The van der Waals surface area contributed by atoms with Gasteiger partial charge in [-0.05, 0) is 93.4 Å². The molecule has 1 aromatic heterocycles. The van der Waals surface area contributed by atoms with E-state index in [0.29, 0.717) is 35.0 Å². The van der Waals surface area contributed by atoms with Crippen LogP contribution in [0.5, 0.6) is 0 Å². The number of nitrogens with one attached hydrogen (secondary N) is 1. The highest BCUT2D eigenvalue weighted by Crippen LogP contribution is 2.37. The van der Waals surface area contributed by atoms with Gasteiger partial charge < -0.3 is 14.8 Å². The van der Waals surface area contributed by atoms with Crippen molar-refractivity contribution in [1.29, 1.82) is 0 Å². The van der Waals surface area contributed by atoms with Gasteiger partial charge in [-0.25, -0.2) is 17.8 Å². The number of likely N-dealkylation sites (tertiary alicyclic amines) is 1. The summed E-state index contributed by atoms with van der Waals surface area (Å²) in [6.07, 6.45) is 8.30. The summed E-state index contributed by atoms with van der Waals surface area (Å²) in [4.78, 5) is 7.59. The molecule has 2 bridgehead atoms. The molecule has 202 valence electrons. The average Bonchev–Trinajstić information content (AvgIpc) is 3.37. The second-order valence-corrected chi connectivity index (χ2v) is 12.7. The monoisotopic (exact) mass is 568 g/mol. The van der Waals surface area contributed by atoms with Crippen LogP contribution in [-0.4, -0.2) is 60.3 Å². The van der Waals surface area contributed by atoms with Crippen molar-refractivity contribution in [2.75, 3.05) is 19.3 Å². The number of halogens is 3. The normalized spacial score (nSPS) is 24.6. The van der Waals surface area contributed by atoms with Gasteiger partial charge >= 0.3 is 0 Å². The topological polar surface area (TPSA) is 67.2 Å². The maximum atomic E-state index is 15.9. The Kier molecular flexibility index (Phi) is 8.27. The summed E-state index contributed by atoms with van der Waals surface area (Å²) in [6, 6.07) is 12.5. The molecule has 3 fully saturated rings. The van der Waals surface area contributed by atoms with E-state index in [0.717, 1.165) is 37.1 Å². The molecule has 2 unspecified atom stereocenters. The van der Waals surface area contributed by atoms with Gasteiger partial charge in [0.15, 0.2) is 15.7 Å². The Labute approximate surface area is 230 Å². The highest BCUT2D eigenvalue weighted by atomic mass is 35.5. The third-order valence-electron chi connectivity index (χ3n) is 8.48. The Bertz CT molecular complexity index is 1360. The number of rotatable bonds is 4. The lowest BCUT2D eigenvalue weighted by Crippen LogP contribution is -2.50. The zero-order valence-corrected chi connectivity index (χ0v) is 23.6. The van der Waals surface area contributed by atoms with E-state index in [2.05, 4.69) is 15.2 Å². The number of hydrogen-bond donors (Lipinski definition) is 1. The fourth-order valence-electron chi connectivity index (χ4n) is 6.60. The molecule has 10 heteroatoms. The van der Waals surface area contributed by atoms with Gasteiger partial charge in [0.2, 0.25) is 0 Å². The Morgan fingerprint density at radius 1 is 0.946 bits per heavy atom. The summed E-state index contributed by atoms with van der Waals surface area (Å²) in [5, 5.41) is 3.74. The first-order chi connectivity index (χ1) is 16.8. The van der Waals surface area contributed by atoms with E-state index in [1.807, 2.05) is 19.2 Å². The number of piperidine rings is 2. The number of aromatic nitrogens is 2. The van der Waals surface area contributed by atoms with Crippen molar-refractivity contribution >= 4 is 45.7 Å². The summed E-state index contributed by atoms with van der Waals surface area (Å²) in [6.45, 7) is 2.07. The molecule has 6 nitrogen and oxygen atoms in total. The molecule has 0 amide bonds. The molecule has 0 aliphatic carbocycles. The van der Waals surface area contributed by atoms with E-state index in [-0.39, 0.29) is 41.4 Å². The second kappa shape index (κ2) is 10.8. The summed E-state index contributed by atoms with van der Waals surface area (Å²) < 4.78 is 41.2. The molecule has 0 spiro atoms. The molecule has 0 radical (unpaired) electrons. The summed E-state index contributed by atoms with van der Waals surface area (Å²) in [5.41, 5.74) is 2.70. The average molecular weight is 570 g/mol. The smallest absolute Gasteiger partial charge is 0.175 e. The number of imidazole rings is 1. The van der Waals surface area contributed by atoms with Crippen LogP contribution in [0.4, 0.5) is 4.39 Å². The third kappa shape index (κ3) is 5.28. The van der Waals surface area contributed by atoms with Crippen molar-refractivity contribution in [3.05, 3.63) is 47.8 Å². The minimum absolute atomic E-state index is 0. The van der Waals surface area contributed by atoms with Crippen LogP contribution in [0.1, 0.15) is 50.0 Å². The molecule has 6 rings (SSSR count). The van der Waals surface area contributed by atoms with Crippen molar-refractivity contribution in [3.63, 3.8) is 0 Å². The molecule has 3 aromatic rings. The van der Waals surface area contributed by atoms with Crippen LogP contribution in [0.25, 0.3) is 22.4 Å². The van der Waals surface area contributed by atoms with Crippen LogP contribution < -0.4 is 5.32 Å². The Morgan fingerprint density at radius 2 is 1.57 bits per heavy atom. The summed E-state index contributed by atoms with van der Waals surface area (Å²) >= 11 is 0. The summed E-state index contributed by atoms with van der Waals surface area (Å²) in [5.74, 6) is 0.683. The fraction of sp³-hybridized carbons (Fsp3) is 0.519. The minimum atomic E-state index is -3.27. The molecular weight excluding hydrogens is 534 g/mol. The molecule has 2 atom stereocenters. The zero-order chi connectivity index (χ0) is 24.3. The molecule has 37 heavy (non-hydrogen) atoms. The standard InChI is InChI=1S/C27H33FN4O2S.2ClH/c1-31-26-24(30-27(31)18-3-7-22(8-4-18)35(2,33)34)10-9-23(25(26)28)17-11-13-32(14-12-17)21-15-19-5-6-20(16-21)29-19;;/h3-4,7-10,17,19-21,29H,5-6,11-16H2,1-2H3;2*1H. The van der Waals surface area contributed by atoms with E-state index < -0.39 is 9.84 Å².